The fourth-order valence-electron chi connectivity index (χ4n) is 4.45. The number of para-hydroxylation sites is 2. The number of fused-ring (bicyclic) bond motifs is 2. The average Bonchev–Trinajstić information content (AvgIpc) is 2.84. The van der Waals surface area contributed by atoms with E-state index in [1.165, 1.54) is 9.87 Å². The molecule has 1 aliphatic heterocycles. The summed E-state index contributed by atoms with van der Waals surface area (Å²) in [5.74, 6) is 0.0666. The van der Waals surface area contributed by atoms with Crippen LogP contribution in [0.1, 0.15) is 30.0 Å². The number of hydrogen-bond acceptors (Lipinski definition) is 4. The molecule has 1 heterocycles. The van der Waals surface area contributed by atoms with E-state index >= 15 is 0 Å². The monoisotopic (exact) mass is 448 g/mol. The highest BCUT2D eigenvalue weighted by molar-refractivity contribution is 7.92. The molecule has 3 aromatic rings. The van der Waals surface area contributed by atoms with Crippen molar-refractivity contribution in [2.75, 3.05) is 10.8 Å². The van der Waals surface area contributed by atoms with Crippen molar-refractivity contribution in [2.45, 2.75) is 36.3 Å². The van der Waals surface area contributed by atoms with Gasteiger partial charge >= 0.3 is 0 Å². The van der Waals surface area contributed by atoms with E-state index < -0.39 is 16.1 Å². The average molecular weight is 449 g/mol. The Kier molecular flexibility index (Phi) is 5.35. The van der Waals surface area contributed by atoms with E-state index in [1.807, 2.05) is 18.2 Å². The molecule has 0 bridgehead atoms. The van der Waals surface area contributed by atoms with Crippen molar-refractivity contribution in [3.8, 4) is 5.75 Å². The van der Waals surface area contributed by atoms with Gasteiger partial charge in [0, 0.05) is 0 Å². The normalized spacial score (nSPS) is 19.9. The van der Waals surface area contributed by atoms with Crippen molar-refractivity contribution < 1.29 is 17.9 Å². The van der Waals surface area contributed by atoms with Crippen LogP contribution in [0.15, 0.2) is 83.8 Å². The van der Waals surface area contributed by atoms with Crippen molar-refractivity contribution in [1.29, 1.82) is 0 Å². The second-order valence-corrected chi connectivity index (χ2v) is 9.94. The molecule has 3 aromatic carbocycles. The quantitative estimate of drug-likeness (QED) is 0.658. The third-order valence-corrected chi connectivity index (χ3v) is 7.84. The number of anilines is 1. The Labute approximate surface area is 187 Å². The smallest absolute Gasteiger partial charge is 0.264 e. The molecule has 164 valence electrons. The Hall–Kier alpha value is -3.32. The number of aryl methyl sites for hydroxylation is 1. The van der Waals surface area contributed by atoms with Crippen LogP contribution in [0.4, 0.5) is 5.69 Å². The van der Waals surface area contributed by atoms with Crippen LogP contribution in [0.25, 0.3) is 0 Å². The van der Waals surface area contributed by atoms with Gasteiger partial charge in [0.1, 0.15) is 5.75 Å². The van der Waals surface area contributed by atoms with Gasteiger partial charge in [-0.15, -0.1) is 0 Å². The standard InChI is InChI=1S/C25H24N2O4S/c28-25(26-21-14-8-10-18-9-4-5-13-20(18)21)24-17-27(22-15-6-7-16-23(22)31-24)32(29,30)19-11-2-1-3-12-19/h1-7,9,11-13,15-16,21,24H,8,10,14,17H2,(H,26,28)/t21-,24-/m0/s1. The third kappa shape index (κ3) is 3.73. The first-order valence-corrected chi connectivity index (χ1v) is 12.2. The fraction of sp³-hybridized carbons (Fsp3) is 0.240. The van der Waals surface area contributed by atoms with Crippen LogP contribution >= 0.6 is 0 Å². The van der Waals surface area contributed by atoms with E-state index in [9.17, 15) is 13.2 Å². The Morgan fingerprint density at radius 2 is 1.66 bits per heavy atom. The molecule has 5 rings (SSSR count). The Morgan fingerprint density at radius 1 is 0.938 bits per heavy atom. The number of benzene rings is 3. The van der Waals surface area contributed by atoms with E-state index in [1.54, 1.807) is 54.6 Å². The molecule has 1 N–H and O–H groups in total. The van der Waals surface area contributed by atoms with E-state index in [2.05, 4.69) is 11.4 Å². The number of nitrogens with zero attached hydrogens (tertiary/aromatic N) is 1. The number of sulfonamides is 1. The maximum atomic E-state index is 13.4. The first-order chi connectivity index (χ1) is 15.5. The highest BCUT2D eigenvalue weighted by Crippen LogP contribution is 2.37. The van der Waals surface area contributed by atoms with E-state index in [4.69, 9.17) is 4.74 Å². The molecule has 32 heavy (non-hydrogen) atoms. The second kappa shape index (κ2) is 8.31. The van der Waals surface area contributed by atoms with Crippen LogP contribution in [0.3, 0.4) is 0 Å². The number of carbonyl (C=O) groups excluding carboxylic acids is 1. The third-order valence-electron chi connectivity index (χ3n) is 6.04. The topological polar surface area (TPSA) is 75.7 Å². The maximum Gasteiger partial charge on any atom is 0.264 e. The molecule has 0 saturated carbocycles. The van der Waals surface area contributed by atoms with E-state index in [0.29, 0.717) is 11.4 Å². The van der Waals surface area contributed by atoms with Gasteiger partial charge < -0.3 is 10.1 Å². The highest BCUT2D eigenvalue weighted by atomic mass is 32.2. The maximum absolute atomic E-state index is 13.4. The minimum Gasteiger partial charge on any atom is -0.476 e. The molecule has 0 saturated heterocycles. The number of rotatable bonds is 4. The lowest BCUT2D eigenvalue weighted by Gasteiger charge is -2.35. The van der Waals surface area contributed by atoms with Gasteiger partial charge in [-0.2, -0.15) is 0 Å². The molecule has 2 aliphatic rings. The number of nitrogens with one attached hydrogen (secondary N) is 1. The van der Waals surface area contributed by atoms with Crippen molar-refractivity contribution in [2.24, 2.45) is 0 Å². The Bertz CT molecular complexity index is 1240. The van der Waals surface area contributed by atoms with Gasteiger partial charge in [0.05, 0.1) is 23.2 Å². The van der Waals surface area contributed by atoms with Gasteiger partial charge in [-0.05, 0) is 54.7 Å². The van der Waals surface area contributed by atoms with Gasteiger partial charge in [-0.1, -0.05) is 54.6 Å². The van der Waals surface area contributed by atoms with E-state index in [0.717, 1.165) is 24.8 Å². The van der Waals surface area contributed by atoms with Gasteiger partial charge in [-0.3, -0.25) is 9.10 Å². The van der Waals surface area contributed by atoms with Crippen LogP contribution in [0.5, 0.6) is 5.75 Å². The molecule has 7 heteroatoms. The molecule has 1 amide bonds. The van der Waals surface area contributed by atoms with Gasteiger partial charge in [-0.25, -0.2) is 8.42 Å². The van der Waals surface area contributed by atoms with Gasteiger partial charge in [0.15, 0.2) is 6.10 Å². The predicted octanol–water partition coefficient (Wildman–Crippen LogP) is 3.84. The van der Waals surface area contributed by atoms with Crippen LogP contribution in [-0.4, -0.2) is 27.0 Å². The minimum atomic E-state index is -3.85. The van der Waals surface area contributed by atoms with Crippen LogP contribution < -0.4 is 14.4 Å². The Balaban J connectivity index is 1.44. The summed E-state index contributed by atoms with van der Waals surface area (Å²) in [6, 6.07) is 23.2. The zero-order valence-electron chi connectivity index (χ0n) is 17.5. The summed E-state index contributed by atoms with van der Waals surface area (Å²) in [5, 5.41) is 3.10. The number of hydrogen-bond donors (Lipinski definition) is 1. The summed E-state index contributed by atoms with van der Waals surface area (Å²) in [6.45, 7) is -0.0888. The lowest BCUT2D eigenvalue weighted by Crippen LogP contribution is -2.51. The SMILES string of the molecule is O=C(N[C@H]1CCCc2ccccc21)[C@@H]1CN(S(=O)(=O)c2ccccc2)c2ccccc2O1. The summed E-state index contributed by atoms with van der Waals surface area (Å²) in [5.41, 5.74) is 2.80. The summed E-state index contributed by atoms with van der Waals surface area (Å²) in [4.78, 5) is 13.4. The lowest BCUT2D eigenvalue weighted by atomic mass is 9.87. The second-order valence-electron chi connectivity index (χ2n) is 8.08. The molecule has 1 aliphatic carbocycles. The zero-order valence-corrected chi connectivity index (χ0v) is 18.3. The molecular weight excluding hydrogens is 424 g/mol. The molecule has 0 unspecified atom stereocenters. The number of ether oxygens (including phenoxy) is 1. The van der Waals surface area contributed by atoms with E-state index in [-0.39, 0.29) is 23.4 Å². The van der Waals surface area contributed by atoms with Crippen LogP contribution in [-0.2, 0) is 21.2 Å². The van der Waals surface area contributed by atoms with Crippen molar-refractivity contribution >= 4 is 21.6 Å². The van der Waals surface area contributed by atoms with Gasteiger partial charge in [0.25, 0.3) is 15.9 Å². The fourth-order valence-corrected chi connectivity index (χ4v) is 5.95. The first-order valence-electron chi connectivity index (χ1n) is 10.8. The predicted molar refractivity (Wildman–Crippen MR) is 122 cm³/mol. The van der Waals surface area contributed by atoms with Crippen molar-refractivity contribution in [3.05, 3.63) is 90.0 Å². The molecule has 0 radical (unpaired) electrons. The Morgan fingerprint density at radius 3 is 2.50 bits per heavy atom. The zero-order chi connectivity index (χ0) is 22.1. The first kappa shape index (κ1) is 20.6. The lowest BCUT2D eigenvalue weighted by molar-refractivity contribution is -0.128. The summed E-state index contributed by atoms with van der Waals surface area (Å²) in [7, 11) is -3.85. The highest BCUT2D eigenvalue weighted by Gasteiger charge is 2.38. The van der Waals surface area contributed by atoms with Crippen molar-refractivity contribution in [1.82, 2.24) is 5.32 Å². The minimum absolute atomic E-state index is 0.0888. The molecule has 0 spiro atoms. The number of carbonyl (C=O) groups is 1. The molecule has 0 aromatic heterocycles. The number of amides is 1. The summed E-state index contributed by atoms with van der Waals surface area (Å²) in [6.07, 6.45) is 1.89. The van der Waals surface area contributed by atoms with Crippen molar-refractivity contribution in [3.63, 3.8) is 0 Å². The van der Waals surface area contributed by atoms with Crippen LogP contribution in [0.2, 0.25) is 0 Å². The largest absolute Gasteiger partial charge is 0.476 e. The molecular formula is C25H24N2O4S. The molecule has 0 fully saturated rings. The van der Waals surface area contributed by atoms with Gasteiger partial charge in [0.2, 0.25) is 0 Å². The molecule has 6 nitrogen and oxygen atoms in total. The summed E-state index contributed by atoms with van der Waals surface area (Å²) < 4.78 is 34.1. The summed E-state index contributed by atoms with van der Waals surface area (Å²) >= 11 is 0. The molecule has 2 atom stereocenters. The van der Waals surface area contributed by atoms with Crippen LogP contribution in [0, 0.1) is 0 Å².